The summed E-state index contributed by atoms with van der Waals surface area (Å²) in [4.78, 5) is 4.34. The van der Waals surface area contributed by atoms with Crippen molar-refractivity contribution in [1.29, 1.82) is 10.5 Å². The molecule has 0 aliphatic carbocycles. The lowest BCUT2D eigenvalue weighted by Crippen LogP contribution is -2.15. The van der Waals surface area contributed by atoms with Gasteiger partial charge in [-0.3, -0.25) is 0 Å². The number of nitrogens with zero attached hydrogens (tertiary/aromatic N) is 4. The molecule has 6 heteroatoms. The number of nitriles is 2. The number of fused-ring (bicyclic) bond motifs is 4. The molecule has 0 saturated heterocycles. The van der Waals surface area contributed by atoms with Crippen molar-refractivity contribution in [3.8, 4) is 57.4 Å². The van der Waals surface area contributed by atoms with Gasteiger partial charge in [-0.2, -0.15) is 10.5 Å². The van der Waals surface area contributed by atoms with Crippen LogP contribution in [0.5, 0.6) is 23.0 Å². The van der Waals surface area contributed by atoms with E-state index < -0.39 is 0 Å². The van der Waals surface area contributed by atoms with Crippen LogP contribution < -0.4 is 19.3 Å². The summed E-state index contributed by atoms with van der Waals surface area (Å²) in [5.41, 5.74) is 9.51. The van der Waals surface area contributed by atoms with Gasteiger partial charge in [-0.05, 0) is 83.9 Å². The Kier molecular flexibility index (Phi) is 6.79. The summed E-state index contributed by atoms with van der Waals surface area (Å²) in [6, 6.07) is 56.5. The Balaban J connectivity index is 1.06. The van der Waals surface area contributed by atoms with E-state index in [2.05, 4.69) is 21.9 Å². The standard InChI is InChI=1S/C44H26N4O2/c45-27-35-33(29-17-21-31(22-18-29)47-37-9-1-5-13-41(37)49-42-14-6-2-10-38(42)47)25-26-34(36(35)28-46)30-19-23-32(24-20-30)48-39-11-3-7-15-43(39)50-44-16-8-4-12-40(44)48/h1-26H. The van der Waals surface area contributed by atoms with Gasteiger partial charge in [0, 0.05) is 22.5 Å². The fourth-order valence-electron chi connectivity index (χ4n) is 6.86. The van der Waals surface area contributed by atoms with Gasteiger partial charge in [-0.15, -0.1) is 0 Å². The van der Waals surface area contributed by atoms with Gasteiger partial charge in [0.05, 0.1) is 33.9 Å². The lowest BCUT2D eigenvalue weighted by molar-refractivity contribution is 0.477. The van der Waals surface area contributed by atoms with E-state index >= 15 is 0 Å². The van der Waals surface area contributed by atoms with Gasteiger partial charge in [-0.1, -0.05) is 84.9 Å². The topological polar surface area (TPSA) is 72.5 Å². The number of hydrogen-bond acceptors (Lipinski definition) is 6. The second-order valence-corrected chi connectivity index (χ2v) is 12.0. The minimum absolute atomic E-state index is 0.347. The van der Waals surface area contributed by atoms with Crippen molar-refractivity contribution in [1.82, 2.24) is 0 Å². The van der Waals surface area contributed by atoms with Gasteiger partial charge in [-0.25, -0.2) is 0 Å². The zero-order valence-electron chi connectivity index (χ0n) is 26.6. The third-order valence-electron chi connectivity index (χ3n) is 9.17. The van der Waals surface area contributed by atoms with Crippen LogP contribution in [0.2, 0.25) is 0 Å². The lowest BCUT2D eigenvalue weighted by Gasteiger charge is -2.32. The first-order chi connectivity index (χ1) is 24.7. The number of benzene rings is 7. The summed E-state index contributed by atoms with van der Waals surface area (Å²) in [7, 11) is 0. The summed E-state index contributed by atoms with van der Waals surface area (Å²) < 4.78 is 12.4. The summed E-state index contributed by atoms with van der Waals surface area (Å²) in [6.07, 6.45) is 0. The molecule has 0 bridgehead atoms. The molecule has 2 aliphatic heterocycles. The van der Waals surface area contributed by atoms with Crippen LogP contribution in [0.25, 0.3) is 22.3 Å². The smallest absolute Gasteiger partial charge is 0.151 e. The van der Waals surface area contributed by atoms with Crippen LogP contribution in [-0.4, -0.2) is 0 Å². The van der Waals surface area contributed by atoms with Gasteiger partial charge in [0.15, 0.2) is 23.0 Å². The molecule has 234 valence electrons. The number of rotatable bonds is 4. The zero-order valence-corrected chi connectivity index (χ0v) is 26.6. The largest absolute Gasteiger partial charge is 0.453 e. The van der Waals surface area contributed by atoms with Gasteiger partial charge in [0.25, 0.3) is 0 Å². The van der Waals surface area contributed by atoms with Gasteiger partial charge in [0.2, 0.25) is 0 Å². The number of anilines is 6. The molecule has 0 aromatic heterocycles. The summed E-state index contributed by atoms with van der Waals surface area (Å²) in [6.45, 7) is 0. The van der Waals surface area contributed by atoms with Crippen LogP contribution >= 0.6 is 0 Å². The van der Waals surface area contributed by atoms with Crippen molar-refractivity contribution in [2.45, 2.75) is 0 Å². The molecule has 0 radical (unpaired) electrons. The monoisotopic (exact) mass is 642 g/mol. The third-order valence-corrected chi connectivity index (χ3v) is 9.17. The summed E-state index contributed by atoms with van der Waals surface area (Å²) >= 11 is 0. The fraction of sp³-hybridized carbons (Fsp3) is 0. The second kappa shape index (κ2) is 11.8. The highest BCUT2D eigenvalue weighted by Crippen LogP contribution is 2.51. The molecule has 6 nitrogen and oxygen atoms in total. The SMILES string of the molecule is N#Cc1c(-c2ccc(N3c4ccccc4Oc4ccccc43)cc2)ccc(-c2ccc(N3c4ccccc4Oc4ccccc43)cc2)c1C#N. The molecule has 2 aliphatic rings. The van der Waals surface area contributed by atoms with E-state index in [1.165, 1.54) is 0 Å². The maximum Gasteiger partial charge on any atom is 0.151 e. The molecule has 0 amide bonds. The van der Waals surface area contributed by atoms with E-state index in [9.17, 15) is 10.5 Å². The van der Waals surface area contributed by atoms with Crippen molar-refractivity contribution in [2.75, 3.05) is 9.80 Å². The molecule has 0 fully saturated rings. The molecule has 2 heterocycles. The van der Waals surface area contributed by atoms with E-state index in [1.807, 2.05) is 158 Å². The zero-order chi connectivity index (χ0) is 33.6. The first kappa shape index (κ1) is 28.9. The fourth-order valence-corrected chi connectivity index (χ4v) is 6.86. The highest BCUT2D eigenvalue weighted by molar-refractivity contribution is 5.89. The highest BCUT2D eigenvalue weighted by atomic mass is 16.5. The van der Waals surface area contributed by atoms with Crippen LogP contribution in [0, 0.1) is 22.7 Å². The molecule has 0 unspecified atom stereocenters. The molecule has 7 aromatic rings. The molecule has 9 rings (SSSR count). The first-order valence-corrected chi connectivity index (χ1v) is 16.2. The normalized spacial score (nSPS) is 12.2. The van der Waals surface area contributed by atoms with Crippen molar-refractivity contribution in [2.24, 2.45) is 0 Å². The van der Waals surface area contributed by atoms with Crippen LogP contribution in [-0.2, 0) is 0 Å². The Bertz CT molecular complexity index is 2260. The average Bonchev–Trinajstić information content (AvgIpc) is 3.18. The van der Waals surface area contributed by atoms with E-state index in [4.69, 9.17) is 9.47 Å². The van der Waals surface area contributed by atoms with Gasteiger partial charge < -0.3 is 19.3 Å². The summed E-state index contributed by atoms with van der Waals surface area (Å²) in [5.74, 6) is 3.13. The van der Waals surface area contributed by atoms with Gasteiger partial charge in [0.1, 0.15) is 12.1 Å². The van der Waals surface area contributed by atoms with E-state index in [0.29, 0.717) is 22.3 Å². The van der Waals surface area contributed by atoms with Crippen molar-refractivity contribution < 1.29 is 9.47 Å². The highest BCUT2D eigenvalue weighted by Gasteiger charge is 2.27. The first-order valence-electron chi connectivity index (χ1n) is 16.2. The molecule has 50 heavy (non-hydrogen) atoms. The number of hydrogen-bond donors (Lipinski definition) is 0. The van der Waals surface area contributed by atoms with Crippen molar-refractivity contribution in [3.63, 3.8) is 0 Å². The molecule has 7 aromatic carbocycles. The second-order valence-electron chi connectivity index (χ2n) is 12.0. The Morgan fingerprint density at radius 1 is 0.360 bits per heavy atom. The number of ether oxygens (including phenoxy) is 2. The maximum absolute atomic E-state index is 10.4. The Morgan fingerprint density at radius 2 is 0.660 bits per heavy atom. The van der Waals surface area contributed by atoms with E-state index in [0.717, 1.165) is 68.2 Å². The van der Waals surface area contributed by atoms with Crippen molar-refractivity contribution in [3.05, 3.63) is 169 Å². The molecular formula is C44H26N4O2. The van der Waals surface area contributed by atoms with Crippen LogP contribution in [0.15, 0.2) is 158 Å². The Morgan fingerprint density at radius 3 is 0.960 bits per heavy atom. The number of para-hydroxylation sites is 8. The minimum Gasteiger partial charge on any atom is -0.453 e. The maximum atomic E-state index is 10.4. The molecule has 0 atom stereocenters. The molecular weight excluding hydrogens is 617 g/mol. The molecule has 0 N–H and O–H groups in total. The quantitative estimate of drug-likeness (QED) is 0.190. The van der Waals surface area contributed by atoms with Crippen molar-refractivity contribution >= 4 is 34.1 Å². The molecule has 0 saturated carbocycles. The molecule has 0 spiro atoms. The Labute approximate surface area is 289 Å². The van der Waals surface area contributed by atoms with Crippen LogP contribution in [0.1, 0.15) is 11.1 Å². The average molecular weight is 643 g/mol. The third kappa shape index (κ3) is 4.64. The Hall–Kier alpha value is -7.28. The minimum atomic E-state index is 0.347. The predicted molar refractivity (Wildman–Crippen MR) is 196 cm³/mol. The van der Waals surface area contributed by atoms with Crippen LogP contribution in [0.3, 0.4) is 0 Å². The van der Waals surface area contributed by atoms with E-state index in [1.54, 1.807) is 0 Å². The van der Waals surface area contributed by atoms with E-state index in [-0.39, 0.29) is 0 Å². The van der Waals surface area contributed by atoms with Crippen LogP contribution in [0.4, 0.5) is 34.1 Å². The summed E-state index contributed by atoms with van der Waals surface area (Å²) in [5, 5.41) is 20.8. The van der Waals surface area contributed by atoms with Gasteiger partial charge >= 0.3 is 0 Å². The predicted octanol–water partition coefficient (Wildman–Crippen LogP) is 11.9. The lowest BCUT2D eigenvalue weighted by atomic mass is 9.90.